The molecule has 0 aliphatic carbocycles. The lowest BCUT2D eigenvalue weighted by molar-refractivity contribution is -0.128. The van der Waals surface area contributed by atoms with Crippen molar-refractivity contribution in [3.63, 3.8) is 0 Å². The van der Waals surface area contributed by atoms with E-state index in [2.05, 4.69) is 0 Å². The van der Waals surface area contributed by atoms with Crippen molar-refractivity contribution < 1.29 is 9.18 Å². The third-order valence-corrected chi connectivity index (χ3v) is 3.49. The second-order valence-corrected chi connectivity index (χ2v) is 4.32. The standard InChI is InChI=1S/C12H12FNO/c13-10-3-1-8(2-4-10)11-7-9-5-6-14(11)12(9)15/h1-4,9,11H,5-7H2. The van der Waals surface area contributed by atoms with E-state index in [1.54, 1.807) is 12.1 Å². The first-order valence-corrected chi connectivity index (χ1v) is 5.31. The molecule has 1 amide bonds. The molecule has 15 heavy (non-hydrogen) atoms. The van der Waals surface area contributed by atoms with E-state index in [1.807, 2.05) is 4.90 Å². The summed E-state index contributed by atoms with van der Waals surface area (Å²) in [7, 11) is 0. The van der Waals surface area contributed by atoms with Crippen LogP contribution in [0.2, 0.25) is 0 Å². The first-order chi connectivity index (χ1) is 7.25. The smallest absolute Gasteiger partial charge is 0.226 e. The van der Waals surface area contributed by atoms with Crippen molar-refractivity contribution >= 4 is 5.91 Å². The highest BCUT2D eigenvalue weighted by Gasteiger charge is 2.44. The Labute approximate surface area is 87.7 Å². The average molecular weight is 205 g/mol. The van der Waals surface area contributed by atoms with Gasteiger partial charge in [0.15, 0.2) is 0 Å². The van der Waals surface area contributed by atoms with Gasteiger partial charge in [-0.2, -0.15) is 0 Å². The van der Waals surface area contributed by atoms with Crippen LogP contribution in [0.25, 0.3) is 0 Å². The summed E-state index contributed by atoms with van der Waals surface area (Å²) in [5.74, 6) is 0.285. The molecule has 2 fully saturated rings. The zero-order chi connectivity index (χ0) is 10.4. The van der Waals surface area contributed by atoms with Crippen LogP contribution in [0.5, 0.6) is 0 Å². The summed E-state index contributed by atoms with van der Waals surface area (Å²) >= 11 is 0. The van der Waals surface area contributed by atoms with E-state index >= 15 is 0 Å². The Morgan fingerprint density at radius 1 is 1.27 bits per heavy atom. The van der Waals surface area contributed by atoms with E-state index in [4.69, 9.17) is 0 Å². The molecule has 2 aliphatic heterocycles. The summed E-state index contributed by atoms with van der Waals surface area (Å²) in [5.41, 5.74) is 1.06. The number of amides is 1. The molecular formula is C12H12FNO. The number of hydrogen-bond acceptors (Lipinski definition) is 1. The molecule has 0 N–H and O–H groups in total. The zero-order valence-electron chi connectivity index (χ0n) is 8.32. The molecule has 1 aromatic rings. The molecule has 0 aromatic heterocycles. The summed E-state index contributed by atoms with van der Waals surface area (Å²) < 4.78 is 12.8. The summed E-state index contributed by atoms with van der Waals surface area (Å²) in [6.07, 6.45) is 1.90. The normalized spacial score (nSPS) is 28.9. The number of benzene rings is 1. The van der Waals surface area contributed by atoms with Gasteiger partial charge in [-0.3, -0.25) is 4.79 Å². The van der Waals surface area contributed by atoms with Gasteiger partial charge in [0.05, 0.1) is 6.04 Å². The number of piperidine rings is 1. The fourth-order valence-corrected chi connectivity index (χ4v) is 2.69. The van der Waals surface area contributed by atoms with E-state index in [0.717, 1.165) is 24.9 Å². The number of carbonyl (C=O) groups is 1. The SMILES string of the molecule is O=C1C2CCN1C(c1ccc(F)cc1)C2. The summed E-state index contributed by atoms with van der Waals surface area (Å²) in [5, 5.41) is 0. The van der Waals surface area contributed by atoms with Crippen LogP contribution >= 0.6 is 0 Å². The van der Waals surface area contributed by atoms with E-state index in [0.29, 0.717) is 0 Å². The monoisotopic (exact) mass is 205 g/mol. The molecule has 2 unspecified atom stereocenters. The molecule has 2 nitrogen and oxygen atoms in total. The van der Waals surface area contributed by atoms with E-state index in [9.17, 15) is 9.18 Å². The predicted molar refractivity (Wildman–Crippen MR) is 53.6 cm³/mol. The minimum atomic E-state index is -0.219. The van der Waals surface area contributed by atoms with Crippen LogP contribution in [-0.4, -0.2) is 17.4 Å². The Bertz CT molecular complexity index is 401. The molecule has 78 valence electrons. The van der Waals surface area contributed by atoms with Crippen molar-refractivity contribution in [2.75, 3.05) is 6.54 Å². The number of fused-ring (bicyclic) bond motifs is 2. The zero-order valence-corrected chi connectivity index (χ0v) is 8.32. The maximum atomic E-state index is 12.8. The minimum absolute atomic E-state index is 0.192. The minimum Gasteiger partial charge on any atom is -0.335 e. The lowest BCUT2D eigenvalue weighted by Gasteiger charge is -2.24. The van der Waals surface area contributed by atoms with Gasteiger partial charge < -0.3 is 4.90 Å². The second-order valence-electron chi connectivity index (χ2n) is 4.32. The third kappa shape index (κ3) is 1.26. The highest BCUT2D eigenvalue weighted by atomic mass is 19.1. The lowest BCUT2D eigenvalue weighted by atomic mass is 9.95. The topological polar surface area (TPSA) is 20.3 Å². The molecule has 3 heteroatoms. The van der Waals surface area contributed by atoms with Gasteiger partial charge in [0.25, 0.3) is 0 Å². The summed E-state index contributed by atoms with van der Waals surface area (Å²) in [6.45, 7) is 0.867. The molecule has 2 saturated heterocycles. The van der Waals surface area contributed by atoms with Crippen LogP contribution in [0.3, 0.4) is 0 Å². The van der Waals surface area contributed by atoms with E-state index in [-0.39, 0.29) is 23.7 Å². The Kier molecular flexibility index (Phi) is 1.81. The number of nitrogens with zero attached hydrogens (tertiary/aromatic N) is 1. The Hall–Kier alpha value is -1.38. The van der Waals surface area contributed by atoms with Gasteiger partial charge in [0, 0.05) is 12.5 Å². The molecule has 2 heterocycles. The molecule has 0 spiro atoms. The fraction of sp³-hybridized carbons (Fsp3) is 0.417. The molecule has 0 radical (unpaired) electrons. The molecule has 1 aromatic carbocycles. The van der Waals surface area contributed by atoms with Gasteiger partial charge in [-0.15, -0.1) is 0 Å². The van der Waals surface area contributed by atoms with Crippen LogP contribution in [-0.2, 0) is 4.79 Å². The van der Waals surface area contributed by atoms with Gasteiger partial charge in [-0.25, -0.2) is 4.39 Å². The van der Waals surface area contributed by atoms with Crippen LogP contribution in [0.1, 0.15) is 24.4 Å². The van der Waals surface area contributed by atoms with Crippen molar-refractivity contribution in [1.82, 2.24) is 4.90 Å². The second kappa shape index (κ2) is 3.05. The summed E-state index contributed by atoms with van der Waals surface area (Å²) in [4.78, 5) is 13.6. The molecule has 3 rings (SSSR count). The van der Waals surface area contributed by atoms with Gasteiger partial charge in [-0.05, 0) is 30.5 Å². The van der Waals surface area contributed by atoms with E-state index in [1.165, 1.54) is 12.1 Å². The van der Waals surface area contributed by atoms with Crippen LogP contribution in [0, 0.1) is 11.7 Å². The maximum absolute atomic E-state index is 12.8. The molecule has 2 bridgehead atoms. The molecular weight excluding hydrogens is 193 g/mol. The predicted octanol–water partition coefficient (Wildman–Crippen LogP) is 2.12. The Morgan fingerprint density at radius 3 is 2.53 bits per heavy atom. The fourth-order valence-electron chi connectivity index (χ4n) is 2.69. The number of carbonyl (C=O) groups excluding carboxylic acids is 1. The van der Waals surface area contributed by atoms with Gasteiger partial charge in [-0.1, -0.05) is 12.1 Å². The van der Waals surface area contributed by atoms with Crippen molar-refractivity contribution in [2.45, 2.75) is 18.9 Å². The maximum Gasteiger partial charge on any atom is 0.226 e. The largest absolute Gasteiger partial charge is 0.335 e. The van der Waals surface area contributed by atoms with Gasteiger partial charge in [0.2, 0.25) is 5.91 Å². The average Bonchev–Trinajstić information content (AvgIpc) is 2.75. The van der Waals surface area contributed by atoms with Crippen molar-refractivity contribution in [2.24, 2.45) is 5.92 Å². The molecule has 2 aliphatic rings. The Morgan fingerprint density at radius 2 is 2.00 bits per heavy atom. The Balaban J connectivity index is 1.90. The number of rotatable bonds is 1. The molecule has 2 atom stereocenters. The van der Waals surface area contributed by atoms with Crippen LogP contribution < -0.4 is 0 Å². The summed E-state index contributed by atoms with van der Waals surface area (Å²) in [6, 6.07) is 6.69. The quantitative estimate of drug-likeness (QED) is 0.687. The van der Waals surface area contributed by atoms with Gasteiger partial charge >= 0.3 is 0 Å². The first-order valence-electron chi connectivity index (χ1n) is 5.31. The van der Waals surface area contributed by atoms with Crippen molar-refractivity contribution in [1.29, 1.82) is 0 Å². The lowest BCUT2D eigenvalue weighted by Crippen LogP contribution is -2.24. The van der Waals surface area contributed by atoms with Crippen LogP contribution in [0.4, 0.5) is 4.39 Å². The van der Waals surface area contributed by atoms with Crippen molar-refractivity contribution in [3.05, 3.63) is 35.6 Å². The number of halogens is 1. The van der Waals surface area contributed by atoms with Crippen LogP contribution in [0.15, 0.2) is 24.3 Å². The highest BCUT2D eigenvalue weighted by Crippen LogP contribution is 2.42. The first kappa shape index (κ1) is 8.89. The van der Waals surface area contributed by atoms with E-state index < -0.39 is 0 Å². The number of hydrogen-bond donors (Lipinski definition) is 0. The highest BCUT2D eigenvalue weighted by molar-refractivity contribution is 5.83. The van der Waals surface area contributed by atoms with Crippen molar-refractivity contribution in [3.8, 4) is 0 Å². The molecule has 0 saturated carbocycles. The van der Waals surface area contributed by atoms with Gasteiger partial charge in [0.1, 0.15) is 5.82 Å². The third-order valence-electron chi connectivity index (χ3n) is 3.49.